The first-order chi connectivity index (χ1) is 10.9. The van der Waals surface area contributed by atoms with Gasteiger partial charge in [0.25, 0.3) is 0 Å². The molecule has 0 N–H and O–H groups in total. The minimum Gasteiger partial charge on any atom is -0.290 e. The van der Waals surface area contributed by atoms with Crippen LogP contribution in [0.3, 0.4) is 0 Å². The van der Waals surface area contributed by atoms with Crippen molar-refractivity contribution in [3.63, 3.8) is 0 Å². The van der Waals surface area contributed by atoms with Gasteiger partial charge in [-0.05, 0) is 28.5 Å². The van der Waals surface area contributed by atoms with Crippen molar-refractivity contribution in [3.8, 4) is 0 Å². The quantitative estimate of drug-likeness (QED) is 0.836. The molecule has 1 aliphatic rings. The van der Waals surface area contributed by atoms with Gasteiger partial charge in [-0.1, -0.05) is 44.2 Å². The van der Waals surface area contributed by atoms with Crippen LogP contribution in [0.4, 0.5) is 0 Å². The first-order valence-electron chi connectivity index (χ1n) is 7.26. The number of thiophene rings is 1. The number of sulfone groups is 1. The van der Waals surface area contributed by atoms with Gasteiger partial charge in [-0.25, -0.2) is 8.42 Å². The van der Waals surface area contributed by atoms with Gasteiger partial charge >= 0.3 is 0 Å². The minimum atomic E-state index is -3.69. The molecule has 0 bridgehead atoms. The van der Waals surface area contributed by atoms with Crippen LogP contribution in [0.25, 0.3) is 9.81 Å². The average Bonchev–Trinajstić information content (AvgIpc) is 3.03. The number of benzene rings is 1. The summed E-state index contributed by atoms with van der Waals surface area (Å²) in [7, 11) is -3.69. The zero-order valence-corrected chi connectivity index (χ0v) is 14.4. The minimum absolute atomic E-state index is 0.0729. The number of allylic oxidation sites excluding steroid dienone is 2. The zero-order chi connectivity index (χ0) is 16.6. The lowest BCUT2D eigenvalue weighted by atomic mass is 10.0. The second-order valence-electron chi connectivity index (χ2n) is 5.68. The lowest BCUT2D eigenvalue weighted by Crippen LogP contribution is -2.12. The first kappa shape index (κ1) is 15.9. The van der Waals surface area contributed by atoms with Gasteiger partial charge in [-0.3, -0.25) is 4.79 Å². The van der Waals surface area contributed by atoms with Gasteiger partial charge in [-0.2, -0.15) is 0 Å². The molecule has 3 nitrogen and oxygen atoms in total. The summed E-state index contributed by atoms with van der Waals surface area (Å²) in [4.78, 5) is 12.7. The fraction of sp³-hybridized carbons (Fsp3) is 0.167. The second kappa shape index (κ2) is 5.91. The Bertz CT molecular complexity index is 898. The van der Waals surface area contributed by atoms with Gasteiger partial charge in [0, 0.05) is 17.0 Å². The number of ketones is 1. The summed E-state index contributed by atoms with van der Waals surface area (Å²) in [5.74, 6) is 0.0651. The molecule has 0 unspecified atom stereocenters. The third kappa shape index (κ3) is 2.94. The largest absolute Gasteiger partial charge is 0.290 e. The molecule has 3 rings (SSSR count). The summed E-state index contributed by atoms with van der Waals surface area (Å²) < 4.78 is 25.8. The maximum atomic E-state index is 12.9. The third-order valence-electron chi connectivity index (χ3n) is 3.75. The molecule has 23 heavy (non-hydrogen) atoms. The van der Waals surface area contributed by atoms with Crippen LogP contribution in [-0.4, -0.2) is 14.2 Å². The Balaban J connectivity index is 2.08. The number of rotatable bonds is 3. The van der Waals surface area contributed by atoms with Crippen molar-refractivity contribution in [1.29, 1.82) is 0 Å². The van der Waals surface area contributed by atoms with Crippen molar-refractivity contribution >= 4 is 36.8 Å². The zero-order valence-electron chi connectivity index (χ0n) is 12.8. The van der Waals surface area contributed by atoms with E-state index in [4.69, 9.17) is 0 Å². The molecule has 118 valence electrons. The van der Waals surface area contributed by atoms with Crippen molar-refractivity contribution in [1.82, 2.24) is 0 Å². The highest BCUT2D eigenvalue weighted by atomic mass is 32.2. The lowest BCUT2D eigenvalue weighted by molar-refractivity contribution is -0.110. The molecule has 2 heterocycles. The Morgan fingerprint density at radius 2 is 1.61 bits per heavy atom. The maximum absolute atomic E-state index is 12.9. The molecule has 0 fully saturated rings. The van der Waals surface area contributed by atoms with Crippen LogP contribution in [0.1, 0.15) is 35.8 Å². The molecule has 0 saturated carbocycles. The van der Waals surface area contributed by atoms with Crippen LogP contribution in [0.2, 0.25) is 0 Å². The van der Waals surface area contributed by atoms with E-state index >= 15 is 0 Å². The molecule has 0 spiro atoms. The van der Waals surface area contributed by atoms with E-state index in [0.29, 0.717) is 16.4 Å². The monoisotopic (exact) mass is 344 g/mol. The average molecular weight is 344 g/mol. The highest BCUT2D eigenvalue weighted by Crippen LogP contribution is 2.37. The van der Waals surface area contributed by atoms with E-state index in [1.54, 1.807) is 29.6 Å². The van der Waals surface area contributed by atoms with Crippen LogP contribution >= 0.6 is 11.3 Å². The van der Waals surface area contributed by atoms with Crippen molar-refractivity contribution in [2.75, 3.05) is 0 Å². The highest BCUT2D eigenvalue weighted by molar-refractivity contribution is 8.09. The first-order valence-corrected chi connectivity index (χ1v) is 9.62. The normalized spacial score (nSPS) is 17.1. The van der Waals surface area contributed by atoms with Crippen molar-refractivity contribution in [2.24, 2.45) is 0 Å². The summed E-state index contributed by atoms with van der Waals surface area (Å²) in [6.07, 6.45) is 2.41. The van der Waals surface area contributed by atoms with Crippen molar-refractivity contribution < 1.29 is 13.2 Å². The van der Waals surface area contributed by atoms with E-state index in [2.05, 4.69) is 13.8 Å². The van der Waals surface area contributed by atoms with Gasteiger partial charge < -0.3 is 0 Å². The molecule has 2 aromatic rings. The van der Waals surface area contributed by atoms with E-state index < -0.39 is 9.84 Å². The van der Waals surface area contributed by atoms with Crippen LogP contribution < -0.4 is 0 Å². The summed E-state index contributed by atoms with van der Waals surface area (Å²) in [6.45, 7) is 4.15. The molecular formula is C18H16O3S2. The summed E-state index contributed by atoms with van der Waals surface area (Å²) >= 11 is 1.31. The lowest BCUT2D eigenvalue weighted by Gasteiger charge is -2.16. The molecule has 1 aromatic carbocycles. The van der Waals surface area contributed by atoms with E-state index in [0.717, 1.165) is 5.56 Å². The van der Waals surface area contributed by atoms with E-state index in [-0.39, 0.29) is 15.6 Å². The van der Waals surface area contributed by atoms with Crippen LogP contribution in [0.15, 0.2) is 53.9 Å². The van der Waals surface area contributed by atoms with Gasteiger partial charge in [-0.15, -0.1) is 11.3 Å². The molecule has 0 aliphatic carbocycles. The van der Waals surface area contributed by atoms with Crippen molar-refractivity contribution in [3.05, 3.63) is 69.9 Å². The van der Waals surface area contributed by atoms with Gasteiger partial charge in [0.1, 0.15) is 0 Å². The van der Waals surface area contributed by atoms with E-state index in [9.17, 15) is 13.2 Å². The predicted molar refractivity (Wildman–Crippen MR) is 94.7 cm³/mol. The van der Waals surface area contributed by atoms with Crippen molar-refractivity contribution in [2.45, 2.75) is 19.8 Å². The standard InChI is InChI=1S/C18H16O3S2/c1-12(2)13-5-7-14(8-6-13)17-10-15(19)11-18(23(17,20)21)16-4-3-9-22-16/h3-12H,1-2H3. The molecule has 0 saturated heterocycles. The third-order valence-corrected chi connectivity index (χ3v) is 6.63. The summed E-state index contributed by atoms with van der Waals surface area (Å²) in [5, 5.41) is 1.80. The second-order valence-corrected chi connectivity index (χ2v) is 8.51. The molecule has 0 amide bonds. The van der Waals surface area contributed by atoms with Gasteiger partial charge in [0.15, 0.2) is 5.78 Å². The van der Waals surface area contributed by atoms with Crippen LogP contribution in [-0.2, 0) is 14.6 Å². The van der Waals surface area contributed by atoms with Crippen LogP contribution in [0.5, 0.6) is 0 Å². The predicted octanol–water partition coefficient (Wildman–Crippen LogP) is 4.25. The number of hydrogen-bond acceptors (Lipinski definition) is 4. The Labute approximate surface area is 139 Å². The molecule has 0 radical (unpaired) electrons. The van der Waals surface area contributed by atoms with Crippen LogP contribution in [0, 0.1) is 0 Å². The highest BCUT2D eigenvalue weighted by Gasteiger charge is 2.31. The number of hydrogen-bond donors (Lipinski definition) is 0. The Kier molecular flexibility index (Phi) is 4.08. The van der Waals surface area contributed by atoms with E-state index in [1.807, 2.05) is 12.1 Å². The van der Waals surface area contributed by atoms with E-state index in [1.165, 1.54) is 23.5 Å². The fourth-order valence-corrected chi connectivity index (χ4v) is 5.14. The van der Waals surface area contributed by atoms with Gasteiger partial charge in [0.05, 0.1) is 9.81 Å². The topological polar surface area (TPSA) is 51.2 Å². The number of carbonyl (C=O) groups is 1. The fourth-order valence-electron chi connectivity index (χ4n) is 2.47. The molecule has 5 heteroatoms. The molecule has 1 aliphatic heterocycles. The SMILES string of the molecule is CC(C)c1ccc(C2=CC(=O)C=C(c3cccs3)S2(=O)=O)cc1. The molecule has 1 aromatic heterocycles. The summed E-state index contributed by atoms with van der Waals surface area (Å²) in [6, 6.07) is 10.8. The number of carbonyl (C=O) groups excluding carboxylic acids is 1. The molecule has 0 atom stereocenters. The maximum Gasteiger partial charge on any atom is 0.208 e. The summed E-state index contributed by atoms with van der Waals surface area (Å²) in [5.41, 5.74) is 1.67. The smallest absolute Gasteiger partial charge is 0.208 e. The molecular weight excluding hydrogens is 328 g/mol. The van der Waals surface area contributed by atoms with Gasteiger partial charge in [0.2, 0.25) is 9.84 Å². The Morgan fingerprint density at radius 1 is 0.957 bits per heavy atom. The Hall–Kier alpha value is -1.98. The Morgan fingerprint density at radius 3 is 2.17 bits per heavy atom.